The Morgan fingerprint density at radius 1 is 1.62 bits per heavy atom. The van der Waals surface area contributed by atoms with Crippen molar-refractivity contribution in [1.82, 2.24) is 15.0 Å². The maximum Gasteiger partial charge on any atom is 0.360 e. The monoisotopic (exact) mass is 237 g/mol. The fourth-order valence-electron chi connectivity index (χ4n) is 1.30. The summed E-state index contributed by atoms with van der Waals surface area (Å²) < 4.78 is 4.57. The van der Waals surface area contributed by atoms with Crippen LogP contribution in [0, 0.1) is 0 Å². The lowest BCUT2D eigenvalue weighted by Crippen LogP contribution is -2.10. The van der Waals surface area contributed by atoms with Crippen LogP contribution < -0.4 is 0 Å². The highest BCUT2D eigenvalue weighted by molar-refractivity contribution is 7.10. The number of esters is 1. The summed E-state index contributed by atoms with van der Waals surface area (Å²) in [5.41, 5.74) is 0.228. The summed E-state index contributed by atoms with van der Waals surface area (Å²) in [7, 11) is 1.32. The molecule has 2 aromatic heterocycles. The molecule has 0 aromatic carbocycles. The Labute approximate surface area is 96.7 Å². The van der Waals surface area contributed by atoms with Crippen molar-refractivity contribution in [3.05, 3.63) is 34.3 Å². The van der Waals surface area contributed by atoms with Gasteiger partial charge in [0.2, 0.25) is 0 Å². The van der Waals surface area contributed by atoms with E-state index in [2.05, 4.69) is 14.9 Å². The van der Waals surface area contributed by atoms with E-state index in [9.17, 15) is 4.79 Å². The molecule has 0 N–H and O–H groups in total. The Hall–Kier alpha value is -1.69. The number of hydrogen-bond acceptors (Lipinski definition) is 5. The summed E-state index contributed by atoms with van der Waals surface area (Å²) in [6, 6.07) is 4.01. The van der Waals surface area contributed by atoms with Crippen LogP contribution in [0.25, 0.3) is 0 Å². The highest BCUT2D eigenvalue weighted by Crippen LogP contribution is 2.20. The minimum Gasteiger partial charge on any atom is -0.464 e. The largest absolute Gasteiger partial charge is 0.464 e. The van der Waals surface area contributed by atoms with Gasteiger partial charge in [0.05, 0.1) is 13.3 Å². The third kappa shape index (κ3) is 1.96. The van der Waals surface area contributed by atoms with Gasteiger partial charge >= 0.3 is 5.97 Å². The normalized spacial score (nSPS) is 12.4. The molecule has 2 rings (SSSR count). The molecule has 6 heteroatoms. The first kappa shape index (κ1) is 10.8. The first-order valence-electron chi connectivity index (χ1n) is 4.76. The Balaban J connectivity index is 2.22. The van der Waals surface area contributed by atoms with Crippen LogP contribution in [-0.4, -0.2) is 28.1 Å². The second kappa shape index (κ2) is 4.44. The lowest BCUT2D eigenvalue weighted by Gasteiger charge is -2.07. The topological polar surface area (TPSA) is 57.0 Å². The molecule has 0 saturated carbocycles. The number of rotatable bonds is 3. The van der Waals surface area contributed by atoms with Crippen molar-refractivity contribution in [3.63, 3.8) is 0 Å². The number of aromatic nitrogens is 3. The predicted molar refractivity (Wildman–Crippen MR) is 59.5 cm³/mol. The Kier molecular flexibility index (Phi) is 3.00. The molecule has 0 saturated heterocycles. The lowest BCUT2D eigenvalue weighted by molar-refractivity contribution is 0.0593. The Morgan fingerprint density at radius 2 is 2.44 bits per heavy atom. The van der Waals surface area contributed by atoms with E-state index in [1.807, 2.05) is 24.4 Å². The molecule has 2 aromatic rings. The summed E-state index contributed by atoms with van der Waals surface area (Å²) in [6.07, 6.45) is 1.41. The van der Waals surface area contributed by atoms with Crippen molar-refractivity contribution < 1.29 is 9.53 Å². The molecule has 16 heavy (non-hydrogen) atoms. The van der Waals surface area contributed by atoms with Crippen molar-refractivity contribution in [1.29, 1.82) is 0 Å². The van der Waals surface area contributed by atoms with Crippen LogP contribution >= 0.6 is 11.3 Å². The van der Waals surface area contributed by atoms with Crippen LogP contribution in [-0.2, 0) is 4.74 Å². The lowest BCUT2D eigenvalue weighted by atomic mass is 10.3. The van der Waals surface area contributed by atoms with Crippen molar-refractivity contribution in [2.24, 2.45) is 0 Å². The maximum atomic E-state index is 11.2. The third-order valence-electron chi connectivity index (χ3n) is 2.20. The molecule has 0 amide bonds. The van der Waals surface area contributed by atoms with Crippen LogP contribution in [0.4, 0.5) is 0 Å². The molecule has 0 fully saturated rings. The highest BCUT2D eigenvalue weighted by atomic mass is 32.1. The number of nitrogens with zero attached hydrogens (tertiary/aromatic N) is 3. The molecular weight excluding hydrogens is 226 g/mol. The first-order valence-corrected chi connectivity index (χ1v) is 5.64. The van der Waals surface area contributed by atoms with E-state index < -0.39 is 5.97 Å². The van der Waals surface area contributed by atoms with Gasteiger partial charge in [0.25, 0.3) is 0 Å². The molecule has 0 aliphatic rings. The zero-order valence-corrected chi connectivity index (χ0v) is 9.77. The van der Waals surface area contributed by atoms with Gasteiger partial charge in [0.1, 0.15) is 6.04 Å². The number of thiophene rings is 1. The van der Waals surface area contributed by atoms with E-state index in [1.54, 1.807) is 11.3 Å². The maximum absolute atomic E-state index is 11.2. The standard InChI is InChI=1S/C10H11N3O2S/c1-7(9-4-3-5-16-9)13-11-6-8(12-13)10(14)15-2/h3-7H,1-2H3. The fraction of sp³-hybridized carbons (Fsp3) is 0.300. The van der Waals surface area contributed by atoms with Gasteiger partial charge in [-0.3, -0.25) is 0 Å². The van der Waals surface area contributed by atoms with E-state index in [0.29, 0.717) is 0 Å². The second-order valence-electron chi connectivity index (χ2n) is 3.23. The number of carbonyl (C=O) groups excluding carboxylic acids is 1. The van der Waals surface area contributed by atoms with E-state index in [1.165, 1.54) is 18.1 Å². The number of methoxy groups -OCH3 is 1. The smallest absolute Gasteiger partial charge is 0.360 e. The zero-order valence-electron chi connectivity index (χ0n) is 8.95. The summed E-state index contributed by atoms with van der Waals surface area (Å²) in [5, 5.41) is 10.1. The molecule has 5 nitrogen and oxygen atoms in total. The second-order valence-corrected chi connectivity index (χ2v) is 4.21. The van der Waals surface area contributed by atoms with Crippen LogP contribution in [0.2, 0.25) is 0 Å². The Bertz CT molecular complexity index is 478. The van der Waals surface area contributed by atoms with Crippen molar-refractivity contribution >= 4 is 17.3 Å². The van der Waals surface area contributed by atoms with Gasteiger partial charge in [-0.2, -0.15) is 9.90 Å². The minimum absolute atomic E-state index is 0.0263. The van der Waals surface area contributed by atoms with Crippen LogP contribution in [0.5, 0.6) is 0 Å². The fourth-order valence-corrected chi connectivity index (χ4v) is 2.07. The summed E-state index contributed by atoms with van der Waals surface area (Å²) in [4.78, 5) is 13.9. The average molecular weight is 237 g/mol. The Morgan fingerprint density at radius 3 is 3.06 bits per heavy atom. The number of ether oxygens (including phenoxy) is 1. The minimum atomic E-state index is -0.468. The van der Waals surface area contributed by atoms with Gasteiger partial charge in [-0.05, 0) is 18.4 Å². The SMILES string of the molecule is COC(=O)c1cnn(C(C)c2cccs2)n1. The molecule has 1 unspecified atom stereocenters. The number of carbonyl (C=O) groups is 1. The average Bonchev–Trinajstić information content (AvgIpc) is 2.97. The summed E-state index contributed by atoms with van der Waals surface area (Å²) in [6.45, 7) is 1.98. The van der Waals surface area contributed by atoms with Crippen molar-refractivity contribution in [2.75, 3.05) is 7.11 Å². The third-order valence-corrected chi connectivity index (χ3v) is 3.25. The van der Waals surface area contributed by atoms with E-state index in [-0.39, 0.29) is 11.7 Å². The van der Waals surface area contributed by atoms with Gasteiger partial charge < -0.3 is 4.74 Å². The molecule has 0 radical (unpaired) electrons. The zero-order chi connectivity index (χ0) is 11.5. The van der Waals surface area contributed by atoms with Crippen molar-refractivity contribution in [2.45, 2.75) is 13.0 Å². The predicted octanol–water partition coefficient (Wildman–Crippen LogP) is 1.74. The van der Waals surface area contributed by atoms with E-state index in [0.717, 1.165) is 4.88 Å². The molecule has 0 aliphatic heterocycles. The van der Waals surface area contributed by atoms with E-state index >= 15 is 0 Å². The molecule has 0 bridgehead atoms. The highest BCUT2D eigenvalue weighted by Gasteiger charge is 2.15. The summed E-state index contributed by atoms with van der Waals surface area (Å²) in [5.74, 6) is -0.468. The molecule has 2 heterocycles. The summed E-state index contributed by atoms with van der Waals surface area (Å²) >= 11 is 1.63. The molecule has 0 aliphatic carbocycles. The molecule has 1 atom stereocenters. The van der Waals surface area contributed by atoms with Crippen LogP contribution in [0.15, 0.2) is 23.7 Å². The van der Waals surface area contributed by atoms with Gasteiger partial charge in [0, 0.05) is 4.88 Å². The quantitative estimate of drug-likeness (QED) is 0.763. The molecule has 84 valence electrons. The van der Waals surface area contributed by atoms with Gasteiger partial charge in [-0.25, -0.2) is 4.79 Å². The number of hydrogen-bond donors (Lipinski definition) is 0. The van der Waals surface area contributed by atoms with Gasteiger partial charge in [-0.15, -0.1) is 16.4 Å². The molecular formula is C10H11N3O2S. The van der Waals surface area contributed by atoms with Gasteiger partial charge in [-0.1, -0.05) is 6.07 Å². The first-order chi connectivity index (χ1) is 7.72. The molecule has 0 spiro atoms. The van der Waals surface area contributed by atoms with Crippen molar-refractivity contribution in [3.8, 4) is 0 Å². The van der Waals surface area contributed by atoms with Crippen LogP contribution in [0.1, 0.15) is 28.3 Å². The van der Waals surface area contributed by atoms with Crippen LogP contribution in [0.3, 0.4) is 0 Å². The van der Waals surface area contributed by atoms with E-state index in [4.69, 9.17) is 0 Å². The van der Waals surface area contributed by atoms with Gasteiger partial charge in [0.15, 0.2) is 5.69 Å².